The van der Waals surface area contributed by atoms with Crippen molar-refractivity contribution in [1.29, 1.82) is 5.26 Å². The molecule has 3 aromatic heterocycles. The van der Waals surface area contributed by atoms with E-state index in [0.717, 1.165) is 19.3 Å². The molecule has 3 atom stereocenters. The molecule has 11 nitrogen and oxygen atoms in total. The molecule has 4 rings (SSSR count). The van der Waals surface area contributed by atoms with Crippen LogP contribution in [-0.2, 0) is 10.0 Å². The molecule has 40 heavy (non-hydrogen) atoms. The van der Waals surface area contributed by atoms with Gasteiger partial charge in [-0.3, -0.25) is 9.78 Å². The van der Waals surface area contributed by atoms with Crippen molar-refractivity contribution in [3.05, 3.63) is 47.8 Å². The first kappa shape index (κ1) is 29.4. The van der Waals surface area contributed by atoms with Crippen LogP contribution in [0.25, 0.3) is 16.9 Å². The van der Waals surface area contributed by atoms with E-state index in [1.165, 1.54) is 36.8 Å². The number of carbonyl (C=O) groups excluding carboxylic acids is 1. The van der Waals surface area contributed by atoms with Gasteiger partial charge in [0.15, 0.2) is 0 Å². The Bertz CT molecular complexity index is 1540. The fourth-order valence-corrected chi connectivity index (χ4v) is 5.53. The predicted octanol–water partition coefficient (Wildman–Crippen LogP) is 2.72. The van der Waals surface area contributed by atoms with Crippen molar-refractivity contribution in [3.63, 3.8) is 0 Å². The van der Waals surface area contributed by atoms with Gasteiger partial charge in [0.2, 0.25) is 10.0 Å². The number of alkyl halides is 1. The minimum Gasteiger partial charge on any atom is -0.387 e. The molecule has 1 aliphatic rings. The largest absolute Gasteiger partial charge is 0.387 e. The van der Waals surface area contributed by atoms with Crippen LogP contribution in [0.15, 0.2) is 36.7 Å². The highest BCUT2D eigenvalue weighted by Crippen LogP contribution is 2.30. The molecule has 0 aromatic carbocycles. The third-order valence-corrected chi connectivity index (χ3v) is 8.64. The van der Waals surface area contributed by atoms with Gasteiger partial charge in [-0.2, -0.15) is 10.4 Å². The molecule has 3 aromatic rings. The van der Waals surface area contributed by atoms with E-state index in [0.29, 0.717) is 34.6 Å². The maximum Gasteiger partial charge on any atom is 0.255 e. The summed E-state index contributed by atoms with van der Waals surface area (Å²) in [7, 11) is -1.79. The number of hydrogen-bond donors (Lipinski definition) is 3. The third kappa shape index (κ3) is 6.57. The van der Waals surface area contributed by atoms with E-state index in [-0.39, 0.29) is 24.2 Å². The number of halogens is 1. The number of rotatable bonds is 9. The number of fused-ring (bicyclic) bond motifs is 1. The Morgan fingerprint density at radius 1 is 1.32 bits per heavy atom. The molecule has 0 radical (unpaired) electrons. The van der Waals surface area contributed by atoms with Crippen LogP contribution in [0.2, 0.25) is 0 Å². The van der Waals surface area contributed by atoms with Crippen LogP contribution >= 0.6 is 0 Å². The molecular weight excluding hydrogens is 537 g/mol. The van der Waals surface area contributed by atoms with Crippen molar-refractivity contribution in [2.24, 2.45) is 0 Å². The van der Waals surface area contributed by atoms with Gasteiger partial charge in [-0.05, 0) is 63.8 Å². The van der Waals surface area contributed by atoms with Gasteiger partial charge >= 0.3 is 0 Å². The van der Waals surface area contributed by atoms with Crippen LogP contribution in [0.3, 0.4) is 0 Å². The predicted molar refractivity (Wildman–Crippen MR) is 149 cm³/mol. The average Bonchev–Trinajstić information content (AvgIpc) is 3.33. The minimum atomic E-state index is -3.36. The maximum absolute atomic E-state index is 14.3. The molecule has 1 fully saturated rings. The van der Waals surface area contributed by atoms with Gasteiger partial charge in [0.05, 0.1) is 58.3 Å². The highest BCUT2D eigenvalue weighted by molar-refractivity contribution is 7.88. The molecule has 0 spiro atoms. The van der Waals surface area contributed by atoms with E-state index in [4.69, 9.17) is 0 Å². The van der Waals surface area contributed by atoms with Gasteiger partial charge in [0.1, 0.15) is 12.2 Å². The van der Waals surface area contributed by atoms with Crippen molar-refractivity contribution in [2.45, 2.75) is 63.4 Å². The first-order valence-corrected chi connectivity index (χ1v) is 14.8. The lowest BCUT2D eigenvalue weighted by Crippen LogP contribution is -2.43. The van der Waals surface area contributed by atoms with Crippen LogP contribution in [0.1, 0.15) is 55.5 Å². The fraction of sp³-hybridized carbons (Fsp3) is 0.481. The molecule has 1 aliphatic carbocycles. The summed E-state index contributed by atoms with van der Waals surface area (Å²) in [6, 6.07) is 8.78. The summed E-state index contributed by atoms with van der Waals surface area (Å²) in [6.45, 7) is 2.27. The van der Waals surface area contributed by atoms with Crippen molar-refractivity contribution < 1.29 is 22.7 Å². The molecule has 214 valence electrons. The van der Waals surface area contributed by atoms with Gasteiger partial charge in [0, 0.05) is 25.3 Å². The number of sulfonamides is 1. The SMILES string of the molecule is CN(C1CCC[C@@H](Nc2cc(-c3ccc4cc(C#N)cnn34)ncc2C(=O)NC[C@@H](F)C(C)(C)O)C1)S(C)(=O)=O. The van der Waals surface area contributed by atoms with E-state index >= 15 is 0 Å². The zero-order valence-electron chi connectivity index (χ0n) is 22.9. The van der Waals surface area contributed by atoms with Gasteiger partial charge in [-0.1, -0.05) is 0 Å². The summed E-state index contributed by atoms with van der Waals surface area (Å²) < 4.78 is 41.6. The third-order valence-electron chi connectivity index (χ3n) is 7.29. The Morgan fingerprint density at radius 2 is 2.08 bits per heavy atom. The summed E-state index contributed by atoms with van der Waals surface area (Å²) in [6.07, 6.45) is 5.20. The Labute approximate surface area is 233 Å². The van der Waals surface area contributed by atoms with Crippen LogP contribution in [-0.4, -0.2) is 82.0 Å². The smallest absolute Gasteiger partial charge is 0.255 e. The van der Waals surface area contributed by atoms with E-state index in [9.17, 15) is 28.0 Å². The molecule has 0 aliphatic heterocycles. The molecule has 0 bridgehead atoms. The summed E-state index contributed by atoms with van der Waals surface area (Å²) in [4.78, 5) is 17.6. The monoisotopic (exact) mass is 571 g/mol. The van der Waals surface area contributed by atoms with E-state index in [2.05, 4.69) is 26.8 Å². The average molecular weight is 572 g/mol. The second-order valence-electron chi connectivity index (χ2n) is 10.8. The molecular formula is C27H34FN7O4S. The fourth-order valence-electron chi connectivity index (χ4n) is 4.79. The van der Waals surface area contributed by atoms with E-state index < -0.39 is 27.7 Å². The van der Waals surface area contributed by atoms with Crippen LogP contribution in [0, 0.1) is 11.3 Å². The number of nitrogens with one attached hydrogen (secondary N) is 2. The lowest BCUT2D eigenvalue weighted by Gasteiger charge is -2.35. The quantitative estimate of drug-likeness (QED) is 0.354. The Balaban J connectivity index is 1.66. The van der Waals surface area contributed by atoms with Gasteiger partial charge < -0.3 is 15.7 Å². The number of pyridine rings is 1. The molecule has 1 saturated carbocycles. The highest BCUT2D eigenvalue weighted by atomic mass is 32.2. The van der Waals surface area contributed by atoms with Gasteiger partial charge in [0.25, 0.3) is 5.91 Å². The lowest BCUT2D eigenvalue weighted by atomic mass is 9.90. The van der Waals surface area contributed by atoms with E-state index in [1.54, 1.807) is 23.7 Å². The van der Waals surface area contributed by atoms with Crippen molar-refractivity contribution in [3.8, 4) is 17.5 Å². The van der Waals surface area contributed by atoms with Crippen LogP contribution in [0.4, 0.5) is 10.1 Å². The zero-order valence-corrected chi connectivity index (χ0v) is 23.7. The Kier molecular flexibility index (Phi) is 8.44. The van der Waals surface area contributed by atoms with Crippen molar-refractivity contribution >= 4 is 27.1 Å². The number of anilines is 1. The molecule has 3 N–H and O–H groups in total. The van der Waals surface area contributed by atoms with Crippen LogP contribution in [0.5, 0.6) is 0 Å². The number of aliphatic hydroxyl groups is 1. The lowest BCUT2D eigenvalue weighted by molar-refractivity contribution is -0.00177. The number of nitrogens with zero attached hydrogens (tertiary/aromatic N) is 5. The van der Waals surface area contributed by atoms with Crippen molar-refractivity contribution in [1.82, 2.24) is 24.2 Å². The summed E-state index contributed by atoms with van der Waals surface area (Å²) >= 11 is 0. The summed E-state index contributed by atoms with van der Waals surface area (Å²) in [5.74, 6) is -0.564. The first-order valence-electron chi connectivity index (χ1n) is 13.0. The van der Waals surface area contributed by atoms with Crippen molar-refractivity contribution in [2.75, 3.05) is 25.2 Å². The molecule has 0 saturated heterocycles. The number of aromatic nitrogens is 3. The molecule has 1 unspecified atom stereocenters. The second-order valence-corrected chi connectivity index (χ2v) is 12.8. The minimum absolute atomic E-state index is 0.129. The number of carbonyl (C=O) groups is 1. The van der Waals surface area contributed by atoms with Gasteiger partial charge in [-0.15, -0.1) is 0 Å². The van der Waals surface area contributed by atoms with Gasteiger partial charge in [-0.25, -0.2) is 21.6 Å². The zero-order chi connectivity index (χ0) is 29.2. The molecule has 3 heterocycles. The summed E-state index contributed by atoms with van der Waals surface area (Å²) in [5, 5.41) is 29.4. The topological polar surface area (TPSA) is 153 Å². The maximum atomic E-state index is 14.3. The number of amides is 1. The highest BCUT2D eigenvalue weighted by Gasteiger charge is 2.31. The Morgan fingerprint density at radius 3 is 2.75 bits per heavy atom. The van der Waals surface area contributed by atoms with Crippen LogP contribution < -0.4 is 10.6 Å². The molecule has 13 heteroatoms. The van der Waals surface area contributed by atoms with E-state index in [1.807, 2.05) is 12.1 Å². The Hall–Kier alpha value is -3.60. The first-order chi connectivity index (χ1) is 18.8. The second kappa shape index (κ2) is 11.5. The number of hydrogen-bond acceptors (Lipinski definition) is 8. The number of nitriles is 1. The standard InChI is InChI=1S/C27H34FN7O4S/c1-27(2,37)25(28)16-31-26(36)21-15-30-23(24-9-8-20-10-17(13-29)14-32-35(20)24)12-22(21)33-18-6-5-7-19(11-18)34(3)40(4,38)39/h8-10,12,14-15,18-19,25,37H,5-7,11,16H2,1-4H3,(H,30,33)(H,31,36)/t18-,19?,25-/m1/s1. The summed E-state index contributed by atoms with van der Waals surface area (Å²) in [5.41, 5.74) is 1.29. The normalized spacial score (nSPS) is 18.9. The molecule has 1 amide bonds.